The van der Waals surface area contributed by atoms with Crippen LogP contribution in [0.25, 0.3) is 11.8 Å². The molecule has 0 saturated carbocycles. The molecular formula is C24H23N5O3S. The van der Waals surface area contributed by atoms with E-state index in [-0.39, 0.29) is 6.42 Å². The van der Waals surface area contributed by atoms with Crippen LogP contribution in [0.15, 0.2) is 81.5 Å². The third-order valence-corrected chi connectivity index (χ3v) is 5.57. The van der Waals surface area contributed by atoms with E-state index in [2.05, 4.69) is 32.3 Å². The van der Waals surface area contributed by atoms with Gasteiger partial charge in [0.15, 0.2) is 5.16 Å². The summed E-state index contributed by atoms with van der Waals surface area (Å²) in [5.41, 5.74) is 1.45. The van der Waals surface area contributed by atoms with Gasteiger partial charge in [-0.1, -0.05) is 54.2 Å². The van der Waals surface area contributed by atoms with E-state index in [1.165, 1.54) is 6.07 Å². The van der Waals surface area contributed by atoms with E-state index in [0.717, 1.165) is 17.0 Å². The summed E-state index contributed by atoms with van der Waals surface area (Å²) in [7, 11) is 0. The maximum Gasteiger partial charge on any atom is 0.325 e. The third-order valence-electron chi connectivity index (χ3n) is 4.69. The van der Waals surface area contributed by atoms with E-state index < -0.39 is 11.2 Å². The average Bonchev–Trinajstić information content (AvgIpc) is 3.19. The number of benzene rings is 2. The Morgan fingerprint density at radius 2 is 1.82 bits per heavy atom. The zero-order chi connectivity index (χ0) is 23.0. The number of ether oxygens (including phenoxy) is 1. The van der Waals surface area contributed by atoms with Crippen LogP contribution in [-0.2, 0) is 6.42 Å². The Hall–Kier alpha value is -3.85. The molecule has 0 atom stereocenters. The van der Waals surface area contributed by atoms with Crippen LogP contribution in [0.2, 0.25) is 0 Å². The van der Waals surface area contributed by atoms with E-state index in [4.69, 9.17) is 4.74 Å². The van der Waals surface area contributed by atoms with Gasteiger partial charge in [0.05, 0.1) is 6.61 Å². The molecule has 9 heteroatoms. The highest BCUT2D eigenvalue weighted by atomic mass is 32.2. The minimum absolute atomic E-state index is 0.250. The number of H-pyrrole nitrogens is 2. The number of hydrogen-bond acceptors (Lipinski definition) is 6. The van der Waals surface area contributed by atoms with Gasteiger partial charge in [0, 0.05) is 29.6 Å². The van der Waals surface area contributed by atoms with Gasteiger partial charge in [-0.25, -0.2) is 4.79 Å². The smallest absolute Gasteiger partial charge is 0.325 e. The molecule has 0 unspecified atom stereocenters. The highest BCUT2D eigenvalue weighted by Crippen LogP contribution is 2.25. The molecule has 2 heterocycles. The van der Waals surface area contributed by atoms with Gasteiger partial charge in [-0.2, -0.15) is 0 Å². The zero-order valence-corrected chi connectivity index (χ0v) is 18.8. The topological polar surface area (TPSA) is 106 Å². The fraction of sp³-hybridized carbons (Fsp3) is 0.167. The lowest BCUT2D eigenvalue weighted by molar-refractivity contribution is 0.340. The second-order valence-electron chi connectivity index (χ2n) is 7.07. The highest BCUT2D eigenvalue weighted by Gasteiger charge is 2.15. The zero-order valence-electron chi connectivity index (χ0n) is 18.0. The monoisotopic (exact) mass is 461 g/mol. The summed E-state index contributed by atoms with van der Waals surface area (Å²) in [6, 6.07) is 19.1. The minimum Gasteiger partial charge on any atom is -0.494 e. The van der Waals surface area contributed by atoms with Crippen LogP contribution in [0.4, 0.5) is 0 Å². The van der Waals surface area contributed by atoms with Gasteiger partial charge in [-0.15, -0.1) is 10.2 Å². The molecule has 8 nitrogen and oxygen atoms in total. The molecular weight excluding hydrogens is 438 g/mol. The minimum atomic E-state index is -0.551. The van der Waals surface area contributed by atoms with Crippen molar-refractivity contribution in [2.24, 2.45) is 0 Å². The van der Waals surface area contributed by atoms with E-state index in [9.17, 15) is 9.59 Å². The average molecular weight is 462 g/mol. The van der Waals surface area contributed by atoms with Gasteiger partial charge in [0.2, 0.25) is 0 Å². The quantitative estimate of drug-likeness (QED) is 0.370. The van der Waals surface area contributed by atoms with Crippen molar-refractivity contribution < 1.29 is 4.74 Å². The number of aromatic amines is 2. The maximum absolute atomic E-state index is 11.7. The molecule has 0 aliphatic heterocycles. The molecule has 168 valence electrons. The Kier molecular flexibility index (Phi) is 7.21. The number of rotatable bonds is 9. The predicted octanol–water partition coefficient (Wildman–Crippen LogP) is 3.44. The van der Waals surface area contributed by atoms with Crippen molar-refractivity contribution in [3.05, 3.63) is 105 Å². The van der Waals surface area contributed by atoms with E-state index in [0.29, 0.717) is 29.0 Å². The van der Waals surface area contributed by atoms with Crippen LogP contribution in [0, 0.1) is 0 Å². The first kappa shape index (κ1) is 22.3. The van der Waals surface area contributed by atoms with Crippen molar-refractivity contribution in [1.82, 2.24) is 24.7 Å². The lowest BCUT2D eigenvalue weighted by atomic mass is 10.2. The third kappa shape index (κ3) is 5.89. The largest absolute Gasteiger partial charge is 0.494 e. The number of thioether (sulfide) groups is 1. The van der Waals surface area contributed by atoms with Crippen LogP contribution < -0.4 is 16.0 Å². The number of nitrogens with zero attached hydrogens (tertiary/aromatic N) is 3. The fourth-order valence-corrected chi connectivity index (χ4v) is 4.06. The molecule has 0 aliphatic carbocycles. The molecule has 0 bridgehead atoms. The number of nitrogens with one attached hydrogen (secondary N) is 2. The van der Waals surface area contributed by atoms with Crippen molar-refractivity contribution in [2.45, 2.75) is 18.5 Å². The summed E-state index contributed by atoms with van der Waals surface area (Å²) in [6.45, 7) is 2.52. The Labute approximate surface area is 194 Å². The Bertz CT molecular complexity index is 1310. The first-order chi connectivity index (χ1) is 16.1. The van der Waals surface area contributed by atoms with E-state index in [1.807, 2.05) is 66.1 Å². The number of hydrogen-bond donors (Lipinski definition) is 2. The standard InChI is InChI=1S/C24H23N5O3S/c1-2-32-20-12-10-19(11-13-20)29-21(15-18-16-22(30)26-23(31)25-18)27-28-24(29)33-14-6-9-17-7-4-3-5-8-17/h3-13,16H,2,14-15H2,1H3,(H2,25,26,30,31). The molecule has 0 aliphatic rings. The predicted molar refractivity (Wildman–Crippen MR) is 129 cm³/mol. The van der Waals surface area contributed by atoms with Gasteiger partial charge >= 0.3 is 5.69 Å². The van der Waals surface area contributed by atoms with E-state index >= 15 is 0 Å². The SMILES string of the molecule is CCOc1ccc(-n2c(Cc3cc(=O)[nH]c(=O)[nH]3)nnc2SCC=Cc2ccccc2)cc1. The molecule has 2 aromatic carbocycles. The van der Waals surface area contributed by atoms with Crippen LogP contribution in [0.3, 0.4) is 0 Å². The van der Waals surface area contributed by atoms with Gasteiger partial charge in [-0.05, 0) is 36.8 Å². The van der Waals surface area contributed by atoms with Crippen molar-refractivity contribution in [3.63, 3.8) is 0 Å². The molecule has 33 heavy (non-hydrogen) atoms. The Balaban J connectivity index is 1.62. The summed E-state index contributed by atoms with van der Waals surface area (Å²) in [4.78, 5) is 28.2. The first-order valence-corrected chi connectivity index (χ1v) is 11.5. The second kappa shape index (κ2) is 10.6. The van der Waals surface area contributed by atoms with Crippen LogP contribution in [-0.4, -0.2) is 37.1 Å². The summed E-state index contributed by atoms with van der Waals surface area (Å²) < 4.78 is 7.48. The lowest BCUT2D eigenvalue weighted by Crippen LogP contribution is -2.23. The Morgan fingerprint density at radius 3 is 2.55 bits per heavy atom. The molecule has 4 aromatic rings. The van der Waals surface area contributed by atoms with Crippen molar-refractivity contribution in [3.8, 4) is 11.4 Å². The summed E-state index contributed by atoms with van der Waals surface area (Å²) in [6.07, 6.45) is 4.39. The fourth-order valence-electron chi connectivity index (χ4n) is 3.28. The van der Waals surface area contributed by atoms with Gasteiger partial charge in [-0.3, -0.25) is 14.3 Å². The summed E-state index contributed by atoms with van der Waals surface area (Å²) in [5, 5.41) is 9.42. The molecule has 2 N–H and O–H groups in total. The molecule has 0 fully saturated rings. The highest BCUT2D eigenvalue weighted by molar-refractivity contribution is 7.99. The van der Waals surface area contributed by atoms with Gasteiger partial charge in [0.1, 0.15) is 11.6 Å². The molecule has 0 radical (unpaired) electrons. The van der Waals surface area contributed by atoms with E-state index in [1.54, 1.807) is 11.8 Å². The molecule has 2 aromatic heterocycles. The van der Waals surface area contributed by atoms with Crippen molar-refractivity contribution in [2.75, 3.05) is 12.4 Å². The van der Waals surface area contributed by atoms with Gasteiger partial charge < -0.3 is 9.72 Å². The molecule has 0 amide bonds. The normalized spacial score (nSPS) is 11.2. The summed E-state index contributed by atoms with van der Waals surface area (Å²) >= 11 is 1.54. The Morgan fingerprint density at radius 1 is 1.03 bits per heavy atom. The first-order valence-electron chi connectivity index (χ1n) is 10.5. The lowest BCUT2D eigenvalue weighted by Gasteiger charge is -2.11. The van der Waals surface area contributed by atoms with Crippen LogP contribution in [0.5, 0.6) is 5.75 Å². The number of aromatic nitrogens is 5. The van der Waals surface area contributed by atoms with Crippen LogP contribution >= 0.6 is 11.8 Å². The molecule has 4 rings (SSSR count). The summed E-state index contributed by atoms with van der Waals surface area (Å²) in [5.74, 6) is 2.08. The van der Waals surface area contributed by atoms with Crippen molar-refractivity contribution >= 4 is 17.8 Å². The van der Waals surface area contributed by atoms with Crippen molar-refractivity contribution in [1.29, 1.82) is 0 Å². The second-order valence-corrected chi connectivity index (χ2v) is 8.06. The van der Waals surface area contributed by atoms with Gasteiger partial charge in [0.25, 0.3) is 5.56 Å². The van der Waals surface area contributed by atoms with Crippen LogP contribution in [0.1, 0.15) is 24.0 Å². The molecule has 0 saturated heterocycles. The maximum atomic E-state index is 11.7. The molecule has 0 spiro atoms.